The maximum Gasteiger partial charge on any atom is 0.0950 e. The van der Waals surface area contributed by atoms with E-state index >= 15 is 0 Å². The lowest BCUT2D eigenvalue weighted by molar-refractivity contribution is 0.413. The van der Waals surface area contributed by atoms with Crippen molar-refractivity contribution in [3.63, 3.8) is 0 Å². The maximum atomic E-state index is 4.20. The molecule has 18 heavy (non-hydrogen) atoms. The van der Waals surface area contributed by atoms with E-state index in [4.69, 9.17) is 0 Å². The van der Waals surface area contributed by atoms with Crippen LogP contribution < -0.4 is 10.2 Å². The van der Waals surface area contributed by atoms with Crippen molar-refractivity contribution in [1.29, 1.82) is 0 Å². The van der Waals surface area contributed by atoms with Crippen molar-refractivity contribution in [3.05, 3.63) is 30.5 Å². The first kappa shape index (κ1) is 11.4. The quantitative estimate of drug-likeness (QED) is 0.888. The minimum atomic E-state index is 0.595. The summed E-state index contributed by atoms with van der Waals surface area (Å²) in [7, 11) is 0. The van der Waals surface area contributed by atoms with E-state index in [0.29, 0.717) is 6.04 Å². The van der Waals surface area contributed by atoms with Gasteiger partial charge in [-0.25, -0.2) is 0 Å². The molecule has 4 heteroatoms. The standard InChI is InChI=1S/C14H18N4/c1-2-7-18(11-8-15-9-11)14-10-16-17-13-6-4-3-5-12(13)14/h3-6,10-11,15H,2,7-9H2,1H3. The van der Waals surface area contributed by atoms with Gasteiger partial charge in [0, 0.05) is 25.0 Å². The van der Waals surface area contributed by atoms with E-state index in [9.17, 15) is 0 Å². The third kappa shape index (κ3) is 1.93. The highest BCUT2D eigenvalue weighted by atomic mass is 15.2. The summed E-state index contributed by atoms with van der Waals surface area (Å²) in [6, 6.07) is 8.83. The van der Waals surface area contributed by atoms with Gasteiger partial charge in [0.2, 0.25) is 0 Å². The zero-order valence-corrected chi connectivity index (χ0v) is 10.6. The molecule has 1 fully saturated rings. The first-order valence-electron chi connectivity index (χ1n) is 6.58. The Kier molecular flexibility index (Phi) is 3.11. The summed E-state index contributed by atoms with van der Waals surface area (Å²) in [4.78, 5) is 2.47. The lowest BCUT2D eigenvalue weighted by Gasteiger charge is -2.40. The minimum absolute atomic E-state index is 0.595. The SMILES string of the molecule is CCCN(c1cnnc2ccccc12)C1CNC1. The van der Waals surface area contributed by atoms with Crippen LogP contribution in [0.1, 0.15) is 13.3 Å². The van der Waals surface area contributed by atoms with Crippen LogP contribution in [0.15, 0.2) is 30.5 Å². The number of benzene rings is 1. The van der Waals surface area contributed by atoms with Crippen LogP contribution in [0.3, 0.4) is 0 Å². The summed E-state index contributed by atoms with van der Waals surface area (Å²) in [5.74, 6) is 0. The lowest BCUT2D eigenvalue weighted by Crippen LogP contribution is -2.57. The number of aromatic nitrogens is 2. The van der Waals surface area contributed by atoms with E-state index in [-0.39, 0.29) is 0 Å². The highest BCUT2D eigenvalue weighted by Gasteiger charge is 2.25. The van der Waals surface area contributed by atoms with E-state index in [2.05, 4.69) is 39.5 Å². The molecule has 0 bridgehead atoms. The van der Waals surface area contributed by atoms with Crippen molar-refractivity contribution in [1.82, 2.24) is 15.5 Å². The first-order valence-corrected chi connectivity index (χ1v) is 6.58. The molecule has 1 aromatic heterocycles. The molecule has 0 aliphatic carbocycles. The molecule has 1 saturated heterocycles. The monoisotopic (exact) mass is 242 g/mol. The molecule has 1 N–H and O–H groups in total. The highest BCUT2D eigenvalue weighted by molar-refractivity contribution is 5.90. The van der Waals surface area contributed by atoms with Gasteiger partial charge in [-0.1, -0.05) is 25.1 Å². The number of hydrogen-bond acceptors (Lipinski definition) is 4. The molecule has 0 spiro atoms. The summed E-state index contributed by atoms with van der Waals surface area (Å²) in [6.07, 6.45) is 3.05. The van der Waals surface area contributed by atoms with Crippen LogP contribution in [-0.4, -0.2) is 35.9 Å². The van der Waals surface area contributed by atoms with Crippen molar-refractivity contribution in [2.45, 2.75) is 19.4 Å². The molecule has 94 valence electrons. The van der Waals surface area contributed by atoms with Gasteiger partial charge in [0.05, 0.1) is 23.4 Å². The van der Waals surface area contributed by atoms with E-state index in [1.54, 1.807) is 0 Å². The Hall–Kier alpha value is -1.68. The van der Waals surface area contributed by atoms with Gasteiger partial charge in [0.15, 0.2) is 0 Å². The topological polar surface area (TPSA) is 41.1 Å². The van der Waals surface area contributed by atoms with Crippen LogP contribution in [0.2, 0.25) is 0 Å². The van der Waals surface area contributed by atoms with Crippen LogP contribution in [0.25, 0.3) is 10.9 Å². The van der Waals surface area contributed by atoms with Gasteiger partial charge in [-0.05, 0) is 12.5 Å². The van der Waals surface area contributed by atoms with Gasteiger partial charge in [-0.15, -0.1) is 0 Å². The van der Waals surface area contributed by atoms with Gasteiger partial charge < -0.3 is 10.2 Å². The van der Waals surface area contributed by atoms with Crippen LogP contribution in [0.5, 0.6) is 0 Å². The second kappa shape index (κ2) is 4.90. The number of nitrogens with one attached hydrogen (secondary N) is 1. The van der Waals surface area contributed by atoms with Crippen LogP contribution >= 0.6 is 0 Å². The third-order valence-corrected chi connectivity index (χ3v) is 3.50. The molecule has 4 nitrogen and oxygen atoms in total. The molecule has 3 rings (SSSR count). The fourth-order valence-electron chi connectivity index (χ4n) is 2.46. The Balaban J connectivity index is 2.04. The number of nitrogens with zero attached hydrogens (tertiary/aromatic N) is 3. The molecule has 0 unspecified atom stereocenters. The van der Waals surface area contributed by atoms with Crippen LogP contribution in [0.4, 0.5) is 5.69 Å². The summed E-state index contributed by atoms with van der Waals surface area (Å²) in [6.45, 7) is 5.42. The van der Waals surface area contributed by atoms with E-state index in [1.165, 1.54) is 11.1 Å². The van der Waals surface area contributed by atoms with Gasteiger partial charge in [0.1, 0.15) is 0 Å². The van der Waals surface area contributed by atoms with E-state index in [1.807, 2.05) is 18.3 Å². The Morgan fingerprint density at radius 1 is 1.33 bits per heavy atom. The number of fused-ring (bicyclic) bond motifs is 1. The van der Waals surface area contributed by atoms with E-state index < -0.39 is 0 Å². The summed E-state index contributed by atoms with van der Waals surface area (Å²) in [5.41, 5.74) is 2.19. The van der Waals surface area contributed by atoms with Gasteiger partial charge in [0.25, 0.3) is 0 Å². The van der Waals surface area contributed by atoms with E-state index in [0.717, 1.165) is 31.6 Å². The van der Waals surface area contributed by atoms with Gasteiger partial charge in [-0.2, -0.15) is 10.2 Å². The predicted octanol–water partition coefficient (Wildman–Crippen LogP) is 1.82. The highest BCUT2D eigenvalue weighted by Crippen LogP contribution is 2.26. The molecular formula is C14H18N4. The minimum Gasteiger partial charge on any atom is -0.364 e. The molecule has 0 atom stereocenters. The Bertz CT molecular complexity index is 531. The Labute approximate surface area is 107 Å². The average Bonchev–Trinajstić information content (AvgIpc) is 2.35. The molecule has 1 aliphatic rings. The zero-order chi connectivity index (χ0) is 12.4. The predicted molar refractivity (Wildman–Crippen MR) is 73.8 cm³/mol. The fraction of sp³-hybridized carbons (Fsp3) is 0.429. The molecule has 0 saturated carbocycles. The van der Waals surface area contributed by atoms with Crippen molar-refractivity contribution in [3.8, 4) is 0 Å². The fourth-order valence-corrected chi connectivity index (χ4v) is 2.46. The number of rotatable bonds is 4. The number of anilines is 1. The Morgan fingerprint density at radius 3 is 2.89 bits per heavy atom. The maximum absolute atomic E-state index is 4.20. The summed E-state index contributed by atoms with van der Waals surface area (Å²) in [5, 5.41) is 12.9. The third-order valence-electron chi connectivity index (χ3n) is 3.50. The molecule has 0 amide bonds. The smallest absolute Gasteiger partial charge is 0.0950 e. The van der Waals surface area contributed by atoms with Crippen LogP contribution in [-0.2, 0) is 0 Å². The van der Waals surface area contributed by atoms with Gasteiger partial charge in [-0.3, -0.25) is 0 Å². The van der Waals surface area contributed by atoms with Crippen molar-refractivity contribution in [2.75, 3.05) is 24.5 Å². The largest absolute Gasteiger partial charge is 0.364 e. The molecule has 0 radical (unpaired) electrons. The lowest BCUT2D eigenvalue weighted by atomic mass is 10.1. The van der Waals surface area contributed by atoms with Crippen molar-refractivity contribution >= 4 is 16.6 Å². The molecule has 1 aromatic carbocycles. The first-order chi connectivity index (χ1) is 8.90. The van der Waals surface area contributed by atoms with Crippen molar-refractivity contribution < 1.29 is 0 Å². The average molecular weight is 242 g/mol. The van der Waals surface area contributed by atoms with Crippen LogP contribution in [0, 0.1) is 0 Å². The second-order valence-electron chi connectivity index (χ2n) is 4.75. The molecule has 2 aromatic rings. The zero-order valence-electron chi connectivity index (χ0n) is 10.6. The molecule has 1 aliphatic heterocycles. The normalized spacial score (nSPS) is 15.6. The second-order valence-corrected chi connectivity index (χ2v) is 4.75. The molecular weight excluding hydrogens is 224 g/mol. The summed E-state index contributed by atoms with van der Waals surface area (Å²) < 4.78 is 0. The summed E-state index contributed by atoms with van der Waals surface area (Å²) >= 11 is 0. The molecule has 2 heterocycles. The number of hydrogen-bond donors (Lipinski definition) is 1. The van der Waals surface area contributed by atoms with Crippen molar-refractivity contribution in [2.24, 2.45) is 0 Å². The Morgan fingerprint density at radius 2 is 2.17 bits per heavy atom. The van der Waals surface area contributed by atoms with Gasteiger partial charge >= 0.3 is 0 Å².